The van der Waals surface area contributed by atoms with Crippen molar-refractivity contribution >= 4 is 35.6 Å². The van der Waals surface area contributed by atoms with Gasteiger partial charge in [-0.05, 0) is 57.5 Å². The Morgan fingerprint density at radius 2 is 2.15 bits per heavy atom. The molecule has 1 unspecified atom stereocenters. The van der Waals surface area contributed by atoms with Gasteiger partial charge in [0.1, 0.15) is 0 Å². The first-order chi connectivity index (χ1) is 9.06. The summed E-state index contributed by atoms with van der Waals surface area (Å²) >= 11 is 0. The van der Waals surface area contributed by atoms with Crippen LogP contribution in [0, 0.1) is 12.8 Å². The molecule has 1 aromatic rings. The van der Waals surface area contributed by atoms with Gasteiger partial charge in [0.05, 0.1) is 6.54 Å². The first-order valence-electron chi connectivity index (χ1n) is 6.86. The summed E-state index contributed by atoms with van der Waals surface area (Å²) in [5.74, 6) is 1.30. The normalized spacial score (nSPS) is 16.7. The smallest absolute Gasteiger partial charge is 0.193 e. The summed E-state index contributed by atoms with van der Waals surface area (Å²) in [6.45, 7) is 2.83. The molecule has 1 fully saturated rings. The van der Waals surface area contributed by atoms with E-state index in [0.29, 0.717) is 12.0 Å². The minimum Gasteiger partial charge on any atom is -0.370 e. The Morgan fingerprint density at radius 3 is 2.70 bits per heavy atom. The molecular formula is C15H25IN4. The van der Waals surface area contributed by atoms with E-state index < -0.39 is 0 Å². The van der Waals surface area contributed by atoms with Crippen molar-refractivity contribution in [1.82, 2.24) is 4.90 Å². The molecule has 3 N–H and O–H groups in total. The largest absolute Gasteiger partial charge is 0.370 e. The topological polar surface area (TPSA) is 53.6 Å². The van der Waals surface area contributed by atoms with E-state index in [1.165, 1.54) is 18.4 Å². The summed E-state index contributed by atoms with van der Waals surface area (Å²) in [6, 6.07) is 8.65. The molecule has 1 aliphatic rings. The number of likely N-dealkylation sites (N-methyl/N-ethyl adjacent to an activating group) is 1. The van der Waals surface area contributed by atoms with Crippen molar-refractivity contribution in [3.63, 3.8) is 0 Å². The summed E-state index contributed by atoms with van der Waals surface area (Å²) in [4.78, 5) is 6.72. The maximum absolute atomic E-state index is 5.95. The van der Waals surface area contributed by atoms with Crippen LogP contribution in [-0.2, 0) is 0 Å². The SMILES string of the molecule is Cc1cccc(NC(N)=NCC(C2CC2)N(C)C)c1.I. The minimum absolute atomic E-state index is 0. The average Bonchev–Trinajstić information content (AvgIpc) is 3.13. The van der Waals surface area contributed by atoms with Crippen LogP contribution in [0.25, 0.3) is 0 Å². The molecule has 20 heavy (non-hydrogen) atoms. The Kier molecular flexibility index (Phi) is 6.75. The lowest BCUT2D eigenvalue weighted by atomic mass is 10.2. The highest BCUT2D eigenvalue weighted by Gasteiger charge is 2.32. The lowest BCUT2D eigenvalue weighted by molar-refractivity contribution is 0.271. The predicted octanol–water partition coefficient (Wildman–Crippen LogP) is 2.68. The summed E-state index contributed by atoms with van der Waals surface area (Å²) in [5.41, 5.74) is 8.15. The molecule has 0 heterocycles. The van der Waals surface area contributed by atoms with Gasteiger partial charge in [-0.25, -0.2) is 0 Å². The molecule has 5 heteroatoms. The number of hydrogen-bond acceptors (Lipinski definition) is 2. The van der Waals surface area contributed by atoms with Crippen molar-refractivity contribution < 1.29 is 0 Å². The second kappa shape index (κ2) is 7.83. The molecule has 0 aromatic heterocycles. The van der Waals surface area contributed by atoms with E-state index >= 15 is 0 Å². The molecule has 0 bridgehead atoms. The fraction of sp³-hybridized carbons (Fsp3) is 0.533. The van der Waals surface area contributed by atoms with Crippen molar-refractivity contribution in [2.24, 2.45) is 16.6 Å². The molecule has 0 spiro atoms. The summed E-state index contributed by atoms with van der Waals surface area (Å²) in [7, 11) is 4.23. The van der Waals surface area contributed by atoms with Gasteiger partial charge in [-0.1, -0.05) is 12.1 Å². The summed E-state index contributed by atoms with van der Waals surface area (Å²) < 4.78 is 0. The fourth-order valence-electron chi connectivity index (χ4n) is 2.32. The maximum atomic E-state index is 5.95. The van der Waals surface area contributed by atoms with E-state index in [1.807, 2.05) is 12.1 Å². The van der Waals surface area contributed by atoms with Gasteiger partial charge in [0, 0.05) is 11.7 Å². The molecule has 0 aliphatic heterocycles. The van der Waals surface area contributed by atoms with Crippen LogP contribution >= 0.6 is 24.0 Å². The number of rotatable bonds is 5. The molecule has 4 nitrogen and oxygen atoms in total. The predicted molar refractivity (Wildman–Crippen MR) is 96.9 cm³/mol. The van der Waals surface area contributed by atoms with Crippen LogP contribution < -0.4 is 11.1 Å². The van der Waals surface area contributed by atoms with Crippen molar-refractivity contribution in [3.05, 3.63) is 29.8 Å². The highest BCUT2D eigenvalue weighted by atomic mass is 127. The van der Waals surface area contributed by atoms with Gasteiger partial charge in [-0.15, -0.1) is 24.0 Å². The number of guanidine groups is 1. The molecular weight excluding hydrogens is 363 g/mol. The van der Waals surface area contributed by atoms with Gasteiger partial charge >= 0.3 is 0 Å². The van der Waals surface area contributed by atoms with E-state index in [2.05, 4.69) is 48.4 Å². The number of halogens is 1. The zero-order valence-corrected chi connectivity index (χ0v) is 14.8. The molecule has 0 radical (unpaired) electrons. The highest BCUT2D eigenvalue weighted by Crippen LogP contribution is 2.34. The molecule has 1 aromatic carbocycles. The van der Waals surface area contributed by atoms with Gasteiger partial charge in [0.2, 0.25) is 0 Å². The lowest BCUT2D eigenvalue weighted by Gasteiger charge is -2.22. The van der Waals surface area contributed by atoms with Gasteiger partial charge in [0.25, 0.3) is 0 Å². The van der Waals surface area contributed by atoms with E-state index in [9.17, 15) is 0 Å². The average molecular weight is 388 g/mol. The van der Waals surface area contributed by atoms with E-state index in [-0.39, 0.29) is 24.0 Å². The lowest BCUT2D eigenvalue weighted by Crippen LogP contribution is -2.34. The molecule has 2 rings (SSSR count). The van der Waals surface area contributed by atoms with Gasteiger partial charge < -0.3 is 16.0 Å². The number of anilines is 1. The monoisotopic (exact) mass is 388 g/mol. The standard InChI is InChI=1S/C15H24N4.HI/c1-11-5-4-6-13(9-11)18-15(16)17-10-14(19(2)3)12-7-8-12;/h4-6,9,12,14H,7-8,10H2,1-3H3,(H3,16,17,18);1H. The van der Waals surface area contributed by atoms with Crippen molar-refractivity contribution in [1.29, 1.82) is 0 Å². The van der Waals surface area contributed by atoms with E-state index in [1.54, 1.807) is 0 Å². The number of aryl methyl sites for hydroxylation is 1. The van der Waals surface area contributed by atoms with E-state index in [4.69, 9.17) is 5.73 Å². The number of aliphatic imine (C=N–C) groups is 1. The van der Waals surface area contributed by atoms with Gasteiger partial charge in [0.15, 0.2) is 5.96 Å². The fourth-order valence-corrected chi connectivity index (χ4v) is 2.32. The zero-order chi connectivity index (χ0) is 13.8. The number of nitrogens with one attached hydrogen (secondary N) is 1. The molecule has 1 saturated carbocycles. The van der Waals surface area contributed by atoms with Crippen LogP contribution in [-0.4, -0.2) is 37.5 Å². The van der Waals surface area contributed by atoms with Crippen molar-refractivity contribution in [3.8, 4) is 0 Å². The third-order valence-corrected chi connectivity index (χ3v) is 3.57. The Bertz CT molecular complexity index is 453. The highest BCUT2D eigenvalue weighted by molar-refractivity contribution is 14.0. The van der Waals surface area contributed by atoms with Crippen LogP contribution in [0.4, 0.5) is 5.69 Å². The minimum atomic E-state index is 0. The summed E-state index contributed by atoms with van der Waals surface area (Å²) in [6.07, 6.45) is 2.65. The van der Waals surface area contributed by atoms with Crippen molar-refractivity contribution in [2.45, 2.75) is 25.8 Å². The first-order valence-corrected chi connectivity index (χ1v) is 6.86. The van der Waals surface area contributed by atoms with Crippen LogP contribution in [0.1, 0.15) is 18.4 Å². The van der Waals surface area contributed by atoms with Crippen molar-refractivity contribution in [2.75, 3.05) is 26.0 Å². The molecule has 1 aliphatic carbocycles. The molecule has 0 amide bonds. The first kappa shape index (κ1) is 17.2. The van der Waals surface area contributed by atoms with Crippen LogP contribution in [0.3, 0.4) is 0 Å². The Hall–Kier alpha value is -0.820. The second-order valence-electron chi connectivity index (χ2n) is 5.59. The quantitative estimate of drug-likeness (QED) is 0.463. The Labute approximate surface area is 138 Å². The number of benzene rings is 1. The Morgan fingerprint density at radius 1 is 1.45 bits per heavy atom. The number of hydrogen-bond donors (Lipinski definition) is 2. The maximum Gasteiger partial charge on any atom is 0.193 e. The van der Waals surface area contributed by atoms with Gasteiger partial charge in [-0.3, -0.25) is 4.99 Å². The van der Waals surface area contributed by atoms with Crippen LogP contribution in [0.2, 0.25) is 0 Å². The summed E-state index contributed by atoms with van der Waals surface area (Å²) in [5, 5.41) is 3.15. The van der Waals surface area contributed by atoms with Crippen LogP contribution in [0.15, 0.2) is 29.3 Å². The zero-order valence-electron chi connectivity index (χ0n) is 12.5. The van der Waals surface area contributed by atoms with E-state index in [0.717, 1.165) is 18.2 Å². The third-order valence-electron chi connectivity index (χ3n) is 3.57. The second-order valence-corrected chi connectivity index (χ2v) is 5.59. The van der Waals surface area contributed by atoms with Gasteiger partial charge in [-0.2, -0.15) is 0 Å². The Balaban J connectivity index is 0.00000200. The van der Waals surface area contributed by atoms with Crippen LogP contribution in [0.5, 0.6) is 0 Å². The number of nitrogens with two attached hydrogens (primary N) is 1. The molecule has 1 atom stereocenters. The molecule has 112 valence electrons. The third kappa shape index (κ3) is 5.28. The molecule has 0 saturated heterocycles. The number of nitrogens with zero attached hydrogens (tertiary/aromatic N) is 2.